The van der Waals surface area contributed by atoms with Crippen molar-refractivity contribution in [3.63, 3.8) is 0 Å². The van der Waals surface area contributed by atoms with Crippen LogP contribution in [0, 0.1) is 0 Å². The van der Waals surface area contributed by atoms with Crippen LogP contribution in [0.15, 0.2) is 0 Å². The van der Waals surface area contributed by atoms with Gasteiger partial charge in [0.25, 0.3) is 0 Å². The minimum absolute atomic E-state index is 0.00452. The minimum atomic E-state index is -4.48. The van der Waals surface area contributed by atoms with E-state index < -0.39 is 25.9 Å². The molecule has 0 amide bonds. The molecule has 0 fully saturated rings. The smallest absolute Gasteiger partial charge is 0.391 e. The van der Waals surface area contributed by atoms with Gasteiger partial charge in [-0.25, -0.2) is 9.36 Å². The number of aliphatic hydroxyl groups excluding tert-OH is 1. The fourth-order valence-electron chi connectivity index (χ4n) is 0.566. The Balaban J connectivity index is 4.21. The van der Waals surface area contributed by atoms with E-state index in [1.54, 1.807) is 0 Å². The maximum Gasteiger partial charge on any atom is 0.529 e. The van der Waals surface area contributed by atoms with E-state index in [1.807, 2.05) is 0 Å². The van der Waals surface area contributed by atoms with Crippen LogP contribution in [-0.4, -0.2) is 41.3 Å². The molecular weight excluding hydrogens is 227 g/mol. The standard InChI is InChI=1S/C6H15N2O6P/c1-4(9)5(8)6(10)14-15(11,12)13-3-2-7/h4-5,9H,2-3,7-8H2,1H3,(H,11,12). The van der Waals surface area contributed by atoms with Crippen LogP contribution in [0.2, 0.25) is 0 Å². The van der Waals surface area contributed by atoms with E-state index in [0.717, 1.165) is 0 Å². The summed E-state index contributed by atoms with van der Waals surface area (Å²) >= 11 is 0. The highest BCUT2D eigenvalue weighted by atomic mass is 31.2. The molecule has 0 bridgehead atoms. The Morgan fingerprint density at radius 3 is 2.53 bits per heavy atom. The number of aliphatic hydroxyl groups is 1. The zero-order valence-electron chi connectivity index (χ0n) is 8.20. The lowest BCUT2D eigenvalue weighted by atomic mass is 10.2. The van der Waals surface area contributed by atoms with Crippen molar-refractivity contribution < 1.29 is 28.4 Å². The Labute approximate surface area is 86.8 Å². The summed E-state index contributed by atoms with van der Waals surface area (Å²) in [4.78, 5) is 20.0. The zero-order valence-corrected chi connectivity index (χ0v) is 9.09. The third kappa shape index (κ3) is 5.83. The van der Waals surface area contributed by atoms with Crippen molar-refractivity contribution in [1.29, 1.82) is 0 Å². The zero-order chi connectivity index (χ0) is 12.1. The van der Waals surface area contributed by atoms with Crippen molar-refractivity contribution in [3.05, 3.63) is 0 Å². The first kappa shape index (κ1) is 14.5. The number of carbonyl (C=O) groups excluding carboxylic acids is 1. The Morgan fingerprint density at radius 1 is 1.60 bits per heavy atom. The van der Waals surface area contributed by atoms with E-state index in [9.17, 15) is 9.36 Å². The number of hydrogen-bond donors (Lipinski definition) is 4. The second-order valence-corrected chi connectivity index (χ2v) is 4.15. The van der Waals surface area contributed by atoms with E-state index in [0.29, 0.717) is 0 Å². The molecule has 9 heteroatoms. The Kier molecular flexibility index (Phi) is 5.96. The van der Waals surface area contributed by atoms with Gasteiger partial charge in [-0.2, -0.15) is 0 Å². The summed E-state index contributed by atoms with van der Waals surface area (Å²) in [6, 6.07) is -1.40. The highest BCUT2D eigenvalue weighted by Crippen LogP contribution is 2.43. The molecular formula is C6H15N2O6P. The van der Waals surface area contributed by atoms with Gasteiger partial charge in [-0.05, 0) is 6.92 Å². The van der Waals surface area contributed by atoms with Crippen LogP contribution in [0.3, 0.4) is 0 Å². The molecule has 0 saturated heterocycles. The summed E-state index contributed by atoms with van der Waals surface area (Å²) in [6.45, 7) is 1.02. The van der Waals surface area contributed by atoms with Crippen LogP contribution in [0.4, 0.5) is 0 Å². The molecule has 3 atom stereocenters. The Hall–Kier alpha value is -0.500. The van der Waals surface area contributed by atoms with Gasteiger partial charge >= 0.3 is 13.8 Å². The summed E-state index contributed by atoms with van der Waals surface area (Å²) in [6.07, 6.45) is -1.19. The first-order chi connectivity index (χ1) is 6.80. The van der Waals surface area contributed by atoms with Gasteiger partial charge in [0.1, 0.15) is 6.04 Å². The molecule has 90 valence electrons. The monoisotopic (exact) mass is 242 g/mol. The van der Waals surface area contributed by atoms with Crippen LogP contribution in [0.1, 0.15) is 6.92 Å². The van der Waals surface area contributed by atoms with Gasteiger partial charge in [0.05, 0.1) is 12.7 Å². The molecule has 0 aromatic rings. The molecule has 8 nitrogen and oxygen atoms in total. The second-order valence-electron chi connectivity index (χ2n) is 2.77. The summed E-state index contributed by atoms with van der Waals surface area (Å²) < 4.78 is 19.4. The van der Waals surface area contributed by atoms with Crippen LogP contribution >= 0.6 is 7.82 Å². The number of phosphoric acid groups is 1. The van der Waals surface area contributed by atoms with Gasteiger partial charge in [-0.1, -0.05) is 0 Å². The number of phosphoric ester groups is 1. The molecule has 0 rings (SSSR count). The van der Waals surface area contributed by atoms with Gasteiger partial charge in [0.15, 0.2) is 0 Å². The SMILES string of the molecule is CC(O)C(N)C(=O)OP(=O)(O)OCCN. The average molecular weight is 242 g/mol. The third-order valence-electron chi connectivity index (χ3n) is 1.37. The van der Waals surface area contributed by atoms with E-state index in [-0.39, 0.29) is 13.2 Å². The molecule has 0 aliphatic carbocycles. The predicted octanol–water partition coefficient (Wildman–Crippen LogP) is -1.69. The largest absolute Gasteiger partial charge is 0.529 e. The maximum absolute atomic E-state index is 11.0. The average Bonchev–Trinajstić information content (AvgIpc) is 2.12. The molecule has 0 aromatic carbocycles. The Morgan fingerprint density at radius 2 is 2.13 bits per heavy atom. The maximum atomic E-state index is 11.0. The topological polar surface area (TPSA) is 145 Å². The summed E-state index contributed by atoms with van der Waals surface area (Å²) in [5.74, 6) is -1.21. The lowest BCUT2D eigenvalue weighted by Gasteiger charge is -2.16. The number of carbonyl (C=O) groups is 1. The number of hydrogen-bond acceptors (Lipinski definition) is 7. The third-order valence-corrected chi connectivity index (χ3v) is 2.29. The quantitative estimate of drug-likeness (QED) is 0.404. The fraction of sp³-hybridized carbons (Fsp3) is 0.833. The molecule has 0 aliphatic heterocycles. The highest BCUT2D eigenvalue weighted by molar-refractivity contribution is 7.48. The highest BCUT2D eigenvalue weighted by Gasteiger charge is 2.30. The minimum Gasteiger partial charge on any atom is -0.391 e. The number of nitrogens with two attached hydrogens (primary N) is 2. The molecule has 0 heterocycles. The van der Waals surface area contributed by atoms with Crippen molar-refractivity contribution in [2.75, 3.05) is 13.2 Å². The summed E-state index contributed by atoms with van der Waals surface area (Å²) in [7, 11) is -4.48. The molecule has 0 aliphatic rings. The summed E-state index contributed by atoms with van der Waals surface area (Å²) in [5.41, 5.74) is 10.2. The molecule has 0 spiro atoms. The van der Waals surface area contributed by atoms with Gasteiger partial charge in [0, 0.05) is 6.54 Å². The van der Waals surface area contributed by atoms with Gasteiger partial charge in [-0.15, -0.1) is 0 Å². The van der Waals surface area contributed by atoms with Crippen molar-refractivity contribution >= 4 is 13.8 Å². The van der Waals surface area contributed by atoms with Gasteiger partial charge in [0.2, 0.25) is 0 Å². The molecule has 6 N–H and O–H groups in total. The first-order valence-corrected chi connectivity index (χ1v) is 5.64. The van der Waals surface area contributed by atoms with E-state index in [2.05, 4.69) is 9.05 Å². The second kappa shape index (κ2) is 6.16. The lowest BCUT2D eigenvalue weighted by Crippen LogP contribution is -2.41. The van der Waals surface area contributed by atoms with Crippen molar-refractivity contribution in [2.24, 2.45) is 11.5 Å². The van der Waals surface area contributed by atoms with E-state index >= 15 is 0 Å². The number of rotatable bonds is 6. The van der Waals surface area contributed by atoms with Crippen LogP contribution in [0.25, 0.3) is 0 Å². The van der Waals surface area contributed by atoms with Crippen LogP contribution in [-0.2, 0) is 18.4 Å². The fourth-order valence-corrected chi connectivity index (χ4v) is 1.30. The van der Waals surface area contributed by atoms with Crippen LogP contribution in [0.5, 0.6) is 0 Å². The van der Waals surface area contributed by atoms with Gasteiger partial charge < -0.3 is 21.1 Å². The molecule has 3 unspecified atom stereocenters. The van der Waals surface area contributed by atoms with Crippen LogP contribution < -0.4 is 11.5 Å². The lowest BCUT2D eigenvalue weighted by molar-refractivity contribution is -0.139. The molecule has 15 heavy (non-hydrogen) atoms. The van der Waals surface area contributed by atoms with Crippen molar-refractivity contribution in [2.45, 2.75) is 19.1 Å². The molecule has 0 saturated carbocycles. The van der Waals surface area contributed by atoms with E-state index in [4.69, 9.17) is 21.5 Å². The molecule has 0 radical (unpaired) electrons. The van der Waals surface area contributed by atoms with Gasteiger partial charge in [-0.3, -0.25) is 9.42 Å². The first-order valence-electron chi connectivity index (χ1n) is 4.14. The predicted molar refractivity (Wildman–Crippen MR) is 50.6 cm³/mol. The van der Waals surface area contributed by atoms with E-state index in [1.165, 1.54) is 6.92 Å². The summed E-state index contributed by atoms with van der Waals surface area (Å²) in [5, 5.41) is 8.91. The Bertz CT molecular complexity index is 258. The van der Waals surface area contributed by atoms with Crippen molar-refractivity contribution in [3.8, 4) is 0 Å². The molecule has 0 aromatic heterocycles. The normalized spacial score (nSPS) is 19.0. The van der Waals surface area contributed by atoms with Crippen molar-refractivity contribution in [1.82, 2.24) is 0 Å².